The number of benzene rings is 1. The third kappa shape index (κ3) is 4.30. The number of rotatable bonds is 6. The first-order valence-corrected chi connectivity index (χ1v) is 6.27. The lowest BCUT2D eigenvalue weighted by Gasteiger charge is -2.15. The highest BCUT2D eigenvalue weighted by molar-refractivity contribution is 6.35. The minimum Gasteiger partial charge on any atom is -0.315 e. The Morgan fingerprint density at radius 1 is 1.25 bits per heavy atom. The second kappa shape index (κ2) is 7.13. The number of hydrogen-bond acceptors (Lipinski definition) is 2. The van der Waals surface area contributed by atoms with E-state index in [-0.39, 0.29) is 0 Å². The van der Waals surface area contributed by atoms with Gasteiger partial charge in [0.2, 0.25) is 0 Å². The molecule has 0 amide bonds. The topological polar surface area (TPSA) is 24.1 Å². The molecule has 1 atom stereocenters. The second-order valence-electron chi connectivity index (χ2n) is 3.79. The van der Waals surface area contributed by atoms with Crippen LogP contribution in [0.25, 0.3) is 0 Å². The average Bonchev–Trinajstić information content (AvgIpc) is 2.25. The van der Waals surface area contributed by atoms with E-state index < -0.39 is 0 Å². The number of halogens is 2. The molecule has 2 N–H and O–H groups in total. The van der Waals surface area contributed by atoms with Crippen molar-refractivity contribution in [1.29, 1.82) is 0 Å². The monoisotopic (exact) mass is 260 g/mol. The van der Waals surface area contributed by atoms with Crippen LogP contribution in [-0.2, 0) is 6.54 Å². The lowest BCUT2D eigenvalue weighted by atomic mass is 10.2. The molecule has 1 aromatic rings. The van der Waals surface area contributed by atoms with Gasteiger partial charge in [-0.3, -0.25) is 0 Å². The van der Waals surface area contributed by atoms with E-state index in [9.17, 15) is 0 Å². The van der Waals surface area contributed by atoms with Crippen LogP contribution < -0.4 is 10.6 Å². The summed E-state index contributed by atoms with van der Waals surface area (Å²) < 4.78 is 0. The molecular weight excluding hydrogens is 243 g/mol. The smallest absolute Gasteiger partial charge is 0.0465 e. The van der Waals surface area contributed by atoms with E-state index >= 15 is 0 Å². The molecule has 90 valence electrons. The van der Waals surface area contributed by atoms with Crippen LogP contribution in [-0.4, -0.2) is 19.1 Å². The Kier molecular flexibility index (Phi) is 6.14. The van der Waals surface area contributed by atoms with E-state index in [2.05, 4.69) is 24.5 Å². The quantitative estimate of drug-likeness (QED) is 0.822. The first-order chi connectivity index (χ1) is 7.65. The van der Waals surface area contributed by atoms with Crippen molar-refractivity contribution < 1.29 is 0 Å². The van der Waals surface area contributed by atoms with Gasteiger partial charge in [0.25, 0.3) is 0 Å². The molecule has 0 saturated heterocycles. The van der Waals surface area contributed by atoms with Crippen LogP contribution in [0.5, 0.6) is 0 Å². The van der Waals surface area contributed by atoms with Crippen LogP contribution in [0.1, 0.15) is 19.4 Å². The Hall–Kier alpha value is -0.280. The SMILES string of the molecule is CCNCC(C)NCc1c(Cl)cccc1Cl. The largest absolute Gasteiger partial charge is 0.315 e. The Bertz CT molecular complexity index is 309. The molecule has 4 heteroatoms. The Balaban J connectivity index is 2.48. The zero-order valence-electron chi connectivity index (χ0n) is 9.69. The van der Waals surface area contributed by atoms with Crippen molar-refractivity contribution in [2.75, 3.05) is 13.1 Å². The number of nitrogens with one attached hydrogen (secondary N) is 2. The molecule has 0 fully saturated rings. The highest BCUT2D eigenvalue weighted by Gasteiger charge is 2.06. The normalized spacial score (nSPS) is 12.8. The maximum Gasteiger partial charge on any atom is 0.0465 e. The van der Waals surface area contributed by atoms with E-state index in [1.807, 2.05) is 18.2 Å². The molecule has 0 spiro atoms. The van der Waals surface area contributed by atoms with Crippen LogP contribution in [0.4, 0.5) is 0 Å². The summed E-state index contributed by atoms with van der Waals surface area (Å²) >= 11 is 12.2. The molecule has 1 rings (SSSR count). The first kappa shape index (κ1) is 13.8. The van der Waals surface area contributed by atoms with Crippen molar-refractivity contribution in [3.05, 3.63) is 33.8 Å². The fourth-order valence-corrected chi connectivity index (χ4v) is 1.94. The van der Waals surface area contributed by atoms with Crippen LogP contribution in [0.3, 0.4) is 0 Å². The Labute approximate surface area is 107 Å². The molecule has 0 aliphatic heterocycles. The van der Waals surface area contributed by atoms with Gasteiger partial charge < -0.3 is 10.6 Å². The van der Waals surface area contributed by atoms with Crippen molar-refractivity contribution in [3.8, 4) is 0 Å². The summed E-state index contributed by atoms with van der Waals surface area (Å²) in [6.45, 7) is 6.85. The molecule has 1 unspecified atom stereocenters. The van der Waals surface area contributed by atoms with Crippen molar-refractivity contribution >= 4 is 23.2 Å². The van der Waals surface area contributed by atoms with Gasteiger partial charge in [-0.1, -0.05) is 36.2 Å². The summed E-state index contributed by atoms with van der Waals surface area (Å²) in [5.41, 5.74) is 0.967. The van der Waals surface area contributed by atoms with Gasteiger partial charge in [0.15, 0.2) is 0 Å². The lowest BCUT2D eigenvalue weighted by molar-refractivity contribution is 0.509. The van der Waals surface area contributed by atoms with Gasteiger partial charge in [-0.15, -0.1) is 0 Å². The predicted molar refractivity (Wildman–Crippen MR) is 71.3 cm³/mol. The standard InChI is InChI=1S/C12H18Cl2N2/c1-3-15-7-9(2)16-8-10-11(13)5-4-6-12(10)14/h4-6,9,15-16H,3,7-8H2,1-2H3. The molecule has 0 aromatic heterocycles. The minimum atomic E-state index is 0.396. The summed E-state index contributed by atoms with van der Waals surface area (Å²) in [7, 11) is 0. The van der Waals surface area contributed by atoms with E-state index in [0.29, 0.717) is 12.6 Å². The van der Waals surface area contributed by atoms with Gasteiger partial charge in [-0.05, 0) is 25.6 Å². The highest BCUT2D eigenvalue weighted by Crippen LogP contribution is 2.23. The van der Waals surface area contributed by atoms with E-state index in [0.717, 1.165) is 28.7 Å². The van der Waals surface area contributed by atoms with Crippen LogP contribution in [0.15, 0.2) is 18.2 Å². The van der Waals surface area contributed by atoms with Gasteiger partial charge in [0.05, 0.1) is 0 Å². The lowest BCUT2D eigenvalue weighted by Crippen LogP contribution is -2.35. The first-order valence-electron chi connectivity index (χ1n) is 5.52. The molecule has 0 bridgehead atoms. The zero-order chi connectivity index (χ0) is 12.0. The molecule has 0 heterocycles. The average molecular weight is 261 g/mol. The van der Waals surface area contributed by atoms with Crippen LogP contribution >= 0.6 is 23.2 Å². The third-order valence-electron chi connectivity index (χ3n) is 2.39. The number of hydrogen-bond donors (Lipinski definition) is 2. The fourth-order valence-electron chi connectivity index (χ4n) is 1.41. The highest BCUT2D eigenvalue weighted by atomic mass is 35.5. The van der Waals surface area contributed by atoms with Gasteiger partial charge in [-0.2, -0.15) is 0 Å². The molecule has 0 saturated carbocycles. The molecule has 0 aliphatic rings. The van der Waals surface area contributed by atoms with Crippen molar-refractivity contribution in [1.82, 2.24) is 10.6 Å². The fraction of sp³-hybridized carbons (Fsp3) is 0.500. The van der Waals surface area contributed by atoms with Crippen LogP contribution in [0, 0.1) is 0 Å². The van der Waals surface area contributed by atoms with Gasteiger partial charge >= 0.3 is 0 Å². The summed E-state index contributed by atoms with van der Waals surface area (Å²) in [6, 6.07) is 5.97. The molecule has 0 aliphatic carbocycles. The number of likely N-dealkylation sites (N-methyl/N-ethyl adjacent to an activating group) is 1. The maximum atomic E-state index is 6.08. The predicted octanol–water partition coefficient (Wildman–Crippen LogP) is 3.08. The van der Waals surface area contributed by atoms with Gasteiger partial charge in [0.1, 0.15) is 0 Å². The second-order valence-corrected chi connectivity index (χ2v) is 4.60. The molecule has 1 aromatic carbocycles. The molecular formula is C12H18Cl2N2. The van der Waals surface area contributed by atoms with E-state index in [4.69, 9.17) is 23.2 Å². The summed E-state index contributed by atoms with van der Waals surface area (Å²) in [5.74, 6) is 0. The Morgan fingerprint density at radius 3 is 2.44 bits per heavy atom. The minimum absolute atomic E-state index is 0.396. The summed E-state index contributed by atoms with van der Waals surface area (Å²) in [5, 5.41) is 8.11. The summed E-state index contributed by atoms with van der Waals surface area (Å²) in [4.78, 5) is 0. The van der Waals surface area contributed by atoms with E-state index in [1.165, 1.54) is 0 Å². The summed E-state index contributed by atoms with van der Waals surface area (Å²) in [6.07, 6.45) is 0. The molecule has 0 radical (unpaired) electrons. The zero-order valence-corrected chi connectivity index (χ0v) is 11.2. The van der Waals surface area contributed by atoms with Crippen molar-refractivity contribution in [2.24, 2.45) is 0 Å². The van der Waals surface area contributed by atoms with Gasteiger partial charge in [0, 0.05) is 34.7 Å². The third-order valence-corrected chi connectivity index (χ3v) is 3.10. The van der Waals surface area contributed by atoms with Gasteiger partial charge in [-0.25, -0.2) is 0 Å². The van der Waals surface area contributed by atoms with E-state index in [1.54, 1.807) is 0 Å². The van der Waals surface area contributed by atoms with Crippen molar-refractivity contribution in [3.63, 3.8) is 0 Å². The molecule has 2 nitrogen and oxygen atoms in total. The maximum absolute atomic E-state index is 6.08. The van der Waals surface area contributed by atoms with Crippen LogP contribution in [0.2, 0.25) is 10.0 Å². The van der Waals surface area contributed by atoms with Crippen molar-refractivity contribution in [2.45, 2.75) is 26.4 Å². The Morgan fingerprint density at radius 2 is 1.88 bits per heavy atom. The molecule has 16 heavy (non-hydrogen) atoms.